The van der Waals surface area contributed by atoms with E-state index in [9.17, 15) is 0 Å². The van der Waals surface area contributed by atoms with Crippen molar-refractivity contribution in [3.05, 3.63) is 35.5 Å². The third-order valence-corrected chi connectivity index (χ3v) is 3.74. The fourth-order valence-electron chi connectivity index (χ4n) is 2.59. The lowest BCUT2D eigenvalue weighted by Gasteiger charge is -2.14. The Bertz CT molecular complexity index is 664. The summed E-state index contributed by atoms with van der Waals surface area (Å²) in [5.41, 5.74) is 10.7. The van der Waals surface area contributed by atoms with Crippen molar-refractivity contribution in [3.63, 3.8) is 0 Å². The lowest BCUT2D eigenvalue weighted by atomic mass is 10.1. The monoisotopic (exact) mass is 309 g/mol. The molecule has 0 spiro atoms. The zero-order chi connectivity index (χ0) is 16.5. The molecule has 3 N–H and O–H groups in total. The predicted molar refractivity (Wildman–Crippen MR) is 96.2 cm³/mol. The first kappa shape index (κ1) is 16.8. The number of benzene rings is 1. The van der Waals surface area contributed by atoms with E-state index in [4.69, 9.17) is 11.0 Å². The average molecular weight is 309 g/mol. The molecule has 0 saturated heterocycles. The predicted octanol–water partition coefficient (Wildman–Crippen LogP) is 3.70. The van der Waals surface area contributed by atoms with Crippen LogP contribution >= 0.6 is 0 Å². The Hall–Kier alpha value is -2.61. The van der Waals surface area contributed by atoms with E-state index in [1.807, 2.05) is 25.1 Å². The summed E-state index contributed by atoms with van der Waals surface area (Å²) in [5, 5.41) is 12.1. The number of nitriles is 1. The van der Waals surface area contributed by atoms with Crippen molar-refractivity contribution in [2.24, 2.45) is 15.7 Å². The average Bonchev–Trinajstić information content (AvgIpc) is 2.55. The highest BCUT2D eigenvalue weighted by molar-refractivity contribution is 5.86. The third kappa shape index (κ3) is 5.26. The molecule has 0 saturated carbocycles. The first-order valence-corrected chi connectivity index (χ1v) is 7.94. The van der Waals surface area contributed by atoms with Gasteiger partial charge in [0.25, 0.3) is 0 Å². The summed E-state index contributed by atoms with van der Waals surface area (Å²) in [6.45, 7) is 2.85. The zero-order valence-corrected chi connectivity index (χ0v) is 13.5. The number of aryl methyl sites for hydroxylation is 1. The minimum atomic E-state index is 0.515. The van der Waals surface area contributed by atoms with E-state index in [-0.39, 0.29) is 0 Å². The van der Waals surface area contributed by atoms with Gasteiger partial charge in [-0.25, -0.2) is 4.99 Å². The number of nitrogens with two attached hydrogens (primary N) is 1. The van der Waals surface area contributed by atoms with E-state index >= 15 is 0 Å². The molecule has 5 nitrogen and oxygen atoms in total. The highest BCUT2D eigenvalue weighted by Crippen LogP contribution is 2.26. The first-order valence-electron chi connectivity index (χ1n) is 7.94. The van der Waals surface area contributed by atoms with Crippen LogP contribution in [0.5, 0.6) is 0 Å². The van der Waals surface area contributed by atoms with Gasteiger partial charge in [-0.2, -0.15) is 5.26 Å². The first-order chi connectivity index (χ1) is 11.2. The number of aliphatic imine (C=N–C) groups is 2. The van der Waals surface area contributed by atoms with Crippen LogP contribution in [0.4, 0.5) is 11.4 Å². The molecule has 5 heteroatoms. The second kappa shape index (κ2) is 8.74. The fraction of sp³-hybridized carbons (Fsp3) is 0.389. The SMILES string of the molecule is CC1=CCCC(CCNc2cc(CCC#N)ccc2N=CN)=N1. The van der Waals surface area contributed by atoms with Gasteiger partial charge in [-0.05, 0) is 43.9 Å². The van der Waals surface area contributed by atoms with Gasteiger partial charge in [-0.1, -0.05) is 12.1 Å². The summed E-state index contributed by atoms with van der Waals surface area (Å²) < 4.78 is 0. The second-order valence-electron chi connectivity index (χ2n) is 5.53. The zero-order valence-electron chi connectivity index (χ0n) is 13.5. The Morgan fingerprint density at radius 3 is 3.04 bits per heavy atom. The topological polar surface area (TPSA) is 86.6 Å². The quantitative estimate of drug-likeness (QED) is 0.594. The summed E-state index contributed by atoms with van der Waals surface area (Å²) in [6, 6.07) is 8.15. The summed E-state index contributed by atoms with van der Waals surface area (Å²) in [4.78, 5) is 8.77. The molecule has 0 fully saturated rings. The fourth-order valence-corrected chi connectivity index (χ4v) is 2.59. The Balaban J connectivity index is 2.01. The molecule has 0 aromatic heterocycles. The normalized spacial score (nSPS) is 14.3. The molecule has 0 bridgehead atoms. The Kier molecular flexibility index (Phi) is 6.37. The van der Waals surface area contributed by atoms with Crippen molar-refractivity contribution in [2.45, 2.75) is 39.0 Å². The van der Waals surface area contributed by atoms with Gasteiger partial charge < -0.3 is 11.1 Å². The number of nitrogens with zero attached hydrogens (tertiary/aromatic N) is 3. The van der Waals surface area contributed by atoms with Gasteiger partial charge in [0.15, 0.2) is 0 Å². The van der Waals surface area contributed by atoms with Crippen molar-refractivity contribution >= 4 is 23.4 Å². The van der Waals surface area contributed by atoms with Crippen LogP contribution in [0.3, 0.4) is 0 Å². The molecule has 0 radical (unpaired) electrons. The maximum Gasteiger partial charge on any atom is 0.0878 e. The standard InChI is InChI=1S/C18H23N5/c1-14-4-2-6-16(23-14)9-11-21-18-12-15(5-3-10-19)7-8-17(18)22-13-20/h4,7-8,12-13,21H,2-3,5-6,9,11H2,1H3,(H2,20,22). The molecule has 1 aromatic carbocycles. The molecule has 0 atom stereocenters. The van der Waals surface area contributed by atoms with Gasteiger partial charge in [0.1, 0.15) is 0 Å². The van der Waals surface area contributed by atoms with E-state index in [0.29, 0.717) is 6.42 Å². The van der Waals surface area contributed by atoms with Crippen molar-refractivity contribution in [3.8, 4) is 6.07 Å². The van der Waals surface area contributed by atoms with Crippen LogP contribution in [0.2, 0.25) is 0 Å². The Morgan fingerprint density at radius 2 is 2.30 bits per heavy atom. The molecular formula is C18H23N5. The number of hydrogen-bond donors (Lipinski definition) is 2. The lowest BCUT2D eigenvalue weighted by Crippen LogP contribution is -2.11. The number of hydrogen-bond acceptors (Lipinski definition) is 4. The van der Waals surface area contributed by atoms with Gasteiger partial charge in [0, 0.05) is 30.8 Å². The molecule has 1 aliphatic rings. The van der Waals surface area contributed by atoms with Crippen LogP contribution in [-0.4, -0.2) is 18.6 Å². The highest BCUT2D eigenvalue weighted by atomic mass is 14.9. The van der Waals surface area contributed by atoms with Gasteiger partial charge in [-0.15, -0.1) is 0 Å². The minimum Gasteiger partial charge on any atom is -0.390 e. The maximum absolute atomic E-state index is 8.72. The summed E-state index contributed by atoms with van der Waals surface area (Å²) in [7, 11) is 0. The van der Waals surface area contributed by atoms with Crippen LogP contribution in [0.15, 0.2) is 40.0 Å². The van der Waals surface area contributed by atoms with Gasteiger partial charge in [-0.3, -0.25) is 4.99 Å². The van der Waals surface area contributed by atoms with Crippen molar-refractivity contribution in [1.82, 2.24) is 0 Å². The van der Waals surface area contributed by atoms with E-state index < -0.39 is 0 Å². The summed E-state index contributed by atoms with van der Waals surface area (Å²) in [5.74, 6) is 0. The summed E-state index contributed by atoms with van der Waals surface area (Å²) >= 11 is 0. The van der Waals surface area contributed by atoms with Gasteiger partial charge >= 0.3 is 0 Å². The van der Waals surface area contributed by atoms with Crippen molar-refractivity contribution in [1.29, 1.82) is 5.26 Å². The summed E-state index contributed by atoms with van der Waals surface area (Å²) in [6.07, 6.45) is 7.76. The molecule has 1 heterocycles. The van der Waals surface area contributed by atoms with Crippen LogP contribution in [-0.2, 0) is 6.42 Å². The van der Waals surface area contributed by atoms with Crippen molar-refractivity contribution in [2.75, 3.05) is 11.9 Å². The van der Waals surface area contributed by atoms with E-state index in [0.717, 1.165) is 54.9 Å². The molecule has 0 aliphatic carbocycles. The third-order valence-electron chi connectivity index (χ3n) is 3.74. The molecule has 0 unspecified atom stereocenters. The molecule has 1 aromatic rings. The highest BCUT2D eigenvalue weighted by Gasteiger charge is 2.07. The molecule has 1 aliphatic heterocycles. The molecule has 2 rings (SSSR count). The van der Waals surface area contributed by atoms with Crippen LogP contribution in [0.25, 0.3) is 0 Å². The Morgan fingerprint density at radius 1 is 1.43 bits per heavy atom. The maximum atomic E-state index is 8.72. The second-order valence-corrected chi connectivity index (χ2v) is 5.53. The number of rotatable bonds is 7. The smallest absolute Gasteiger partial charge is 0.0878 e. The van der Waals surface area contributed by atoms with Gasteiger partial charge in [0.2, 0.25) is 0 Å². The largest absolute Gasteiger partial charge is 0.390 e. The molecule has 0 amide bonds. The molecule has 120 valence electrons. The minimum absolute atomic E-state index is 0.515. The lowest BCUT2D eigenvalue weighted by molar-refractivity contribution is 0.959. The van der Waals surface area contributed by atoms with Gasteiger partial charge in [0.05, 0.1) is 23.8 Å². The Labute approximate surface area is 137 Å². The van der Waals surface area contributed by atoms with E-state index in [1.165, 1.54) is 12.1 Å². The van der Waals surface area contributed by atoms with Crippen LogP contribution < -0.4 is 11.1 Å². The number of nitrogens with one attached hydrogen (secondary N) is 1. The van der Waals surface area contributed by atoms with E-state index in [1.54, 1.807) is 0 Å². The molecular weight excluding hydrogens is 286 g/mol. The van der Waals surface area contributed by atoms with Crippen LogP contribution in [0, 0.1) is 11.3 Å². The van der Waals surface area contributed by atoms with Crippen molar-refractivity contribution < 1.29 is 0 Å². The number of allylic oxidation sites excluding steroid dienone is 2. The number of anilines is 1. The molecule has 23 heavy (non-hydrogen) atoms. The van der Waals surface area contributed by atoms with Crippen LogP contribution in [0.1, 0.15) is 38.2 Å². The van der Waals surface area contributed by atoms with E-state index in [2.05, 4.69) is 27.4 Å².